The Bertz CT molecular complexity index is 817. The van der Waals surface area contributed by atoms with Gasteiger partial charge in [-0.2, -0.15) is 18.3 Å². The Hall–Kier alpha value is -2.35. The van der Waals surface area contributed by atoms with Crippen molar-refractivity contribution in [1.29, 1.82) is 0 Å². The van der Waals surface area contributed by atoms with Gasteiger partial charge in [-0.15, -0.1) is 0 Å². The maximum atomic E-state index is 13.1. The van der Waals surface area contributed by atoms with Crippen LogP contribution in [-0.2, 0) is 0 Å². The van der Waals surface area contributed by atoms with E-state index in [1.807, 2.05) is 44.2 Å². The van der Waals surface area contributed by atoms with Crippen LogP contribution in [0.25, 0.3) is 5.69 Å². The number of halogens is 3. The van der Waals surface area contributed by atoms with Gasteiger partial charge in [0.1, 0.15) is 0 Å². The quantitative estimate of drug-likeness (QED) is 0.794. The highest BCUT2D eigenvalue weighted by Gasteiger charge is 2.36. The highest BCUT2D eigenvalue weighted by atomic mass is 19.4. The summed E-state index contributed by atoms with van der Waals surface area (Å²) < 4.78 is 39.9. The molecule has 5 nitrogen and oxygen atoms in total. The second-order valence-electron chi connectivity index (χ2n) is 7.53. The van der Waals surface area contributed by atoms with Crippen LogP contribution in [0.3, 0.4) is 0 Å². The summed E-state index contributed by atoms with van der Waals surface area (Å²) in [7, 11) is 0. The fourth-order valence-electron chi connectivity index (χ4n) is 3.67. The van der Waals surface area contributed by atoms with Gasteiger partial charge in [0.15, 0.2) is 0 Å². The third-order valence-corrected chi connectivity index (χ3v) is 5.02. The van der Waals surface area contributed by atoms with Gasteiger partial charge in [-0.25, -0.2) is 4.68 Å². The number of benzene rings is 1. The number of para-hydroxylation sites is 1. The number of hydrogen-bond acceptors (Lipinski definition) is 3. The summed E-state index contributed by atoms with van der Waals surface area (Å²) >= 11 is 0. The van der Waals surface area contributed by atoms with Crippen LogP contribution in [0.2, 0.25) is 0 Å². The summed E-state index contributed by atoms with van der Waals surface area (Å²) in [6, 6.07) is 9.21. The Labute approximate surface area is 162 Å². The summed E-state index contributed by atoms with van der Waals surface area (Å²) in [4.78, 5) is 16.1. The molecule has 0 saturated carbocycles. The Morgan fingerprint density at radius 1 is 1.21 bits per heavy atom. The average molecular weight is 394 g/mol. The van der Waals surface area contributed by atoms with Crippen molar-refractivity contribution in [2.24, 2.45) is 0 Å². The van der Waals surface area contributed by atoms with Gasteiger partial charge in [0.2, 0.25) is 0 Å². The van der Waals surface area contributed by atoms with Gasteiger partial charge in [0.25, 0.3) is 5.91 Å². The smallest absolute Gasteiger partial charge is 0.336 e. The first-order chi connectivity index (χ1) is 13.2. The first-order valence-corrected chi connectivity index (χ1v) is 9.41. The molecule has 1 amide bonds. The molecule has 2 aromatic rings. The maximum Gasteiger partial charge on any atom is 0.401 e. The highest BCUT2D eigenvalue weighted by Crippen LogP contribution is 2.26. The van der Waals surface area contributed by atoms with Crippen molar-refractivity contribution in [3.8, 4) is 5.69 Å². The normalized spacial score (nSPS) is 18.7. The van der Waals surface area contributed by atoms with Crippen molar-refractivity contribution < 1.29 is 18.0 Å². The number of rotatable bonds is 4. The molecule has 1 saturated heterocycles. The largest absolute Gasteiger partial charge is 0.401 e. The van der Waals surface area contributed by atoms with E-state index in [1.54, 1.807) is 22.7 Å². The molecule has 0 radical (unpaired) electrons. The minimum absolute atomic E-state index is 0.0607. The Balaban J connectivity index is 1.81. The lowest BCUT2D eigenvalue weighted by Crippen LogP contribution is -2.55. The number of piperazine rings is 1. The molecule has 0 bridgehead atoms. The van der Waals surface area contributed by atoms with Crippen LogP contribution in [0.4, 0.5) is 13.2 Å². The zero-order chi connectivity index (χ0) is 20.5. The molecular weight excluding hydrogens is 369 g/mol. The third kappa shape index (κ3) is 4.38. The lowest BCUT2D eigenvalue weighted by molar-refractivity contribution is -0.153. The van der Waals surface area contributed by atoms with Gasteiger partial charge in [0.05, 0.1) is 29.7 Å². The van der Waals surface area contributed by atoms with E-state index < -0.39 is 12.7 Å². The first kappa shape index (κ1) is 20.4. The molecule has 1 aromatic heterocycles. The lowest BCUT2D eigenvalue weighted by Gasteiger charge is -2.40. The second kappa shape index (κ2) is 7.95. The Morgan fingerprint density at radius 2 is 1.89 bits per heavy atom. The van der Waals surface area contributed by atoms with E-state index in [-0.39, 0.29) is 37.5 Å². The number of hydrogen-bond donors (Lipinski definition) is 0. The monoisotopic (exact) mass is 394 g/mol. The van der Waals surface area contributed by atoms with Gasteiger partial charge in [-0.05, 0) is 25.0 Å². The fraction of sp³-hybridized carbons (Fsp3) is 0.500. The van der Waals surface area contributed by atoms with Crippen LogP contribution >= 0.6 is 0 Å². The fourth-order valence-corrected chi connectivity index (χ4v) is 3.67. The summed E-state index contributed by atoms with van der Waals surface area (Å²) in [5.74, 6) is -0.116. The van der Waals surface area contributed by atoms with Crippen molar-refractivity contribution in [2.75, 3.05) is 26.2 Å². The Morgan fingerprint density at radius 3 is 2.46 bits per heavy atom. The molecule has 1 aliphatic heterocycles. The number of carbonyl (C=O) groups is 1. The molecule has 0 aliphatic carbocycles. The third-order valence-electron chi connectivity index (χ3n) is 5.02. The van der Waals surface area contributed by atoms with E-state index in [0.717, 1.165) is 11.4 Å². The molecule has 1 aliphatic rings. The molecule has 28 heavy (non-hydrogen) atoms. The minimum atomic E-state index is -4.23. The summed E-state index contributed by atoms with van der Waals surface area (Å²) in [6.07, 6.45) is -2.67. The molecule has 1 aromatic carbocycles. The summed E-state index contributed by atoms with van der Waals surface area (Å²) in [5.41, 5.74) is 2.19. The van der Waals surface area contributed by atoms with Crippen LogP contribution < -0.4 is 0 Å². The number of alkyl halides is 3. The molecule has 0 unspecified atom stereocenters. The van der Waals surface area contributed by atoms with Crippen molar-refractivity contribution in [3.63, 3.8) is 0 Å². The van der Waals surface area contributed by atoms with Crippen LogP contribution in [0, 0.1) is 0 Å². The molecule has 1 fully saturated rings. The van der Waals surface area contributed by atoms with E-state index in [0.29, 0.717) is 5.56 Å². The number of amides is 1. The minimum Gasteiger partial charge on any atom is -0.336 e. The zero-order valence-electron chi connectivity index (χ0n) is 16.3. The molecule has 1 atom stereocenters. The number of nitrogens with zero attached hydrogens (tertiary/aromatic N) is 4. The zero-order valence-corrected chi connectivity index (χ0v) is 16.3. The summed E-state index contributed by atoms with van der Waals surface area (Å²) in [5, 5.41) is 4.42. The molecule has 3 rings (SSSR count). The van der Waals surface area contributed by atoms with Crippen molar-refractivity contribution in [2.45, 2.75) is 38.9 Å². The van der Waals surface area contributed by atoms with Crippen LogP contribution in [-0.4, -0.2) is 63.9 Å². The van der Waals surface area contributed by atoms with Crippen LogP contribution in [0.15, 0.2) is 36.5 Å². The maximum absolute atomic E-state index is 13.1. The van der Waals surface area contributed by atoms with Gasteiger partial charge in [-0.3, -0.25) is 9.69 Å². The van der Waals surface area contributed by atoms with E-state index in [1.165, 1.54) is 4.90 Å². The van der Waals surface area contributed by atoms with E-state index in [4.69, 9.17) is 0 Å². The van der Waals surface area contributed by atoms with Crippen molar-refractivity contribution in [3.05, 3.63) is 47.8 Å². The molecule has 2 heterocycles. The second-order valence-corrected chi connectivity index (χ2v) is 7.53. The van der Waals surface area contributed by atoms with Gasteiger partial charge in [0, 0.05) is 25.7 Å². The van der Waals surface area contributed by atoms with E-state index in [9.17, 15) is 18.0 Å². The SMILES string of the molecule is CC(C)c1c(C(=O)N2CCN(CC(F)(F)F)[C@@H](C)C2)cnn1-c1ccccc1. The van der Waals surface area contributed by atoms with E-state index in [2.05, 4.69) is 5.10 Å². The van der Waals surface area contributed by atoms with Gasteiger partial charge >= 0.3 is 6.18 Å². The van der Waals surface area contributed by atoms with Gasteiger partial charge < -0.3 is 4.90 Å². The van der Waals surface area contributed by atoms with Crippen LogP contribution in [0.5, 0.6) is 0 Å². The average Bonchev–Trinajstić information content (AvgIpc) is 3.08. The molecule has 0 spiro atoms. The predicted molar refractivity (Wildman–Crippen MR) is 101 cm³/mol. The highest BCUT2D eigenvalue weighted by molar-refractivity contribution is 5.95. The predicted octanol–water partition coefficient (Wildman–Crippen LogP) is 3.70. The standard InChI is InChI=1S/C20H25F3N4O/c1-14(2)18-17(11-24-27(18)16-7-5-4-6-8-16)19(28)25-9-10-26(15(3)12-25)13-20(21,22)23/h4-8,11,14-15H,9-10,12-13H2,1-3H3/t15-/m0/s1. The van der Waals surface area contributed by atoms with E-state index >= 15 is 0 Å². The van der Waals surface area contributed by atoms with Crippen molar-refractivity contribution in [1.82, 2.24) is 19.6 Å². The molecule has 0 N–H and O–H groups in total. The van der Waals surface area contributed by atoms with Crippen LogP contribution in [0.1, 0.15) is 42.7 Å². The molecule has 152 valence electrons. The number of aromatic nitrogens is 2. The molecule has 8 heteroatoms. The summed E-state index contributed by atoms with van der Waals surface area (Å²) in [6.45, 7) is 5.52. The van der Waals surface area contributed by atoms with Gasteiger partial charge in [-0.1, -0.05) is 32.0 Å². The lowest BCUT2D eigenvalue weighted by atomic mass is 10.0. The topological polar surface area (TPSA) is 41.4 Å². The molecular formula is C20H25F3N4O. The first-order valence-electron chi connectivity index (χ1n) is 9.41. The van der Waals surface area contributed by atoms with Crippen molar-refractivity contribution >= 4 is 5.91 Å². The number of carbonyl (C=O) groups excluding carboxylic acids is 1. The Kier molecular flexibility index (Phi) is 5.79.